The highest BCUT2D eigenvalue weighted by Crippen LogP contribution is 2.22. The van der Waals surface area contributed by atoms with Crippen LogP contribution in [-0.2, 0) is 13.0 Å². The van der Waals surface area contributed by atoms with E-state index in [1.807, 2.05) is 10.8 Å². The maximum absolute atomic E-state index is 12.5. The minimum atomic E-state index is -0.835. The first-order valence-electron chi connectivity index (χ1n) is 11.7. The van der Waals surface area contributed by atoms with Gasteiger partial charge in [-0.15, -0.1) is 0 Å². The number of aliphatic hydroxyl groups is 1. The molecule has 31 heavy (non-hydrogen) atoms. The summed E-state index contributed by atoms with van der Waals surface area (Å²) in [5.74, 6) is 0.282. The molecule has 2 heterocycles. The van der Waals surface area contributed by atoms with E-state index in [9.17, 15) is 14.7 Å². The molecule has 0 aliphatic carbocycles. The molecule has 0 radical (unpaired) electrons. The Morgan fingerprint density at radius 1 is 0.871 bits per heavy atom. The molecule has 1 N–H and O–H groups in total. The van der Waals surface area contributed by atoms with Crippen molar-refractivity contribution in [2.24, 2.45) is 0 Å². The van der Waals surface area contributed by atoms with Crippen LogP contribution in [0.15, 0.2) is 36.7 Å². The second-order valence-corrected chi connectivity index (χ2v) is 8.49. The fraction of sp³-hybridized carbons (Fsp3) is 0.560. The zero-order chi connectivity index (χ0) is 22.1. The maximum Gasteiger partial charge on any atom is 0.261 e. The average Bonchev–Trinajstić information content (AvgIpc) is 3.30. The Morgan fingerprint density at radius 2 is 1.45 bits per heavy atom. The number of amides is 2. The lowest BCUT2D eigenvalue weighted by atomic mass is 10.1. The minimum Gasteiger partial charge on any atom is -0.389 e. The standard InChI is InChI=1S/C25H35N3O3/c1-2-3-4-5-6-7-8-9-10-15-23-26-16-17-27(23)18-20(29)19-28-24(30)21-13-11-12-14-22(21)25(28)31/h11-14,16-17,20,29H,2-10,15,18-19H2,1H3. The van der Waals surface area contributed by atoms with Gasteiger partial charge in [-0.2, -0.15) is 0 Å². The number of rotatable bonds is 14. The van der Waals surface area contributed by atoms with E-state index in [-0.39, 0.29) is 18.4 Å². The molecular formula is C25H35N3O3. The van der Waals surface area contributed by atoms with Crippen LogP contribution in [0.5, 0.6) is 0 Å². The predicted molar refractivity (Wildman–Crippen MR) is 121 cm³/mol. The van der Waals surface area contributed by atoms with Gasteiger partial charge in [-0.1, -0.05) is 70.4 Å². The van der Waals surface area contributed by atoms with Crippen molar-refractivity contribution in [2.75, 3.05) is 6.54 Å². The normalized spacial score (nSPS) is 14.3. The van der Waals surface area contributed by atoms with Crippen LogP contribution in [0.2, 0.25) is 0 Å². The number of β-amino-alcohol motifs (C(OH)–C–C–N with tert-alkyl or cyclic N) is 1. The number of aliphatic hydroxyl groups excluding tert-OH is 1. The Balaban J connectivity index is 1.40. The third kappa shape index (κ3) is 6.26. The molecule has 2 aromatic rings. The number of aromatic nitrogens is 2. The Kier molecular flexibility index (Phi) is 8.83. The first-order valence-corrected chi connectivity index (χ1v) is 11.7. The van der Waals surface area contributed by atoms with Gasteiger partial charge < -0.3 is 9.67 Å². The van der Waals surface area contributed by atoms with Crippen LogP contribution >= 0.6 is 0 Å². The van der Waals surface area contributed by atoms with Gasteiger partial charge in [0.1, 0.15) is 5.82 Å². The van der Waals surface area contributed by atoms with Gasteiger partial charge in [0, 0.05) is 18.8 Å². The summed E-state index contributed by atoms with van der Waals surface area (Å²) >= 11 is 0. The van der Waals surface area contributed by atoms with Gasteiger partial charge in [-0.05, 0) is 18.6 Å². The van der Waals surface area contributed by atoms with Crippen molar-refractivity contribution in [1.82, 2.24) is 14.5 Å². The molecule has 3 rings (SSSR count). The second kappa shape index (κ2) is 11.8. The quantitative estimate of drug-likeness (QED) is 0.354. The molecule has 1 aromatic carbocycles. The number of aryl methyl sites for hydroxylation is 1. The van der Waals surface area contributed by atoms with E-state index in [1.165, 1.54) is 51.4 Å². The highest BCUT2D eigenvalue weighted by Gasteiger charge is 2.36. The highest BCUT2D eigenvalue weighted by molar-refractivity contribution is 6.21. The molecule has 0 bridgehead atoms. The Morgan fingerprint density at radius 3 is 2.06 bits per heavy atom. The Labute approximate surface area is 185 Å². The summed E-state index contributed by atoms with van der Waals surface area (Å²) in [5, 5.41) is 10.6. The van der Waals surface area contributed by atoms with E-state index >= 15 is 0 Å². The molecule has 2 amide bonds. The number of carbonyl (C=O) groups excluding carboxylic acids is 2. The zero-order valence-electron chi connectivity index (χ0n) is 18.6. The number of fused-ring (bicyclic) bond motifs is 1. The van der Waals surface area contributed by atoms with Crippen LogP contribution in [0.4, 0.5) is 0 Å². The number of nitrogens with zero attached hydrogens (tertiary/aromatic N) is 3. The van der Waals surface area contributed by atoms with Gasteiger partial charge in [-0.3, -0.25) is 14.5 Å². The molecular weight excluding hydrogens is 390 g/mol. The summed E-state index contributed by atoms with van der Waals surface area (Å²) in [4.78, 5) is 30.6. The first-order chi connectivity index (χ1) is 15.1. The molecule has 1 aromatic heterocycles. The van der Waals surface area contributed by atoms with Gasteiger partial charge in [-0.25, -0.2) is 4.98 Å². The Hall–Kier alpha value is -2.47. The lowest BCUT2D eigenvalue weighted by Crippen LogP contribution is -2.38. The third-order valence-electron chi connectivity index (χ3n) is 5.98. The number of hydrogen-bond donors (Lipinski definition) is 1. The third-order valence-corrected chi connectivity index (χ3v) is 5.98. The van der Waals surface area contributed by atoms with Crippen molar-refractivity contribution < 1.29 is 14.7 Å². The van der Waals surface area contributed by atoms with Crippen LogP contribution in [0.3, 0.4) is 0 Å². The van der Waals surface area contributed by atoms with Crippen LogP contribution in [0.1, 0.15) is 91.3 Å². The zero-order valence-corrected chi connectivity index (χ0v) is 18.6. The van der Waals surface area contributed by atoms with Crippen molar-refractivity contribution in [3.63, 3.8) is 0 Å². The fourth-order valence-electron chi connectivity index (χ4n) is 4.23. The maximum atomic E-state index is 12.5. The predicted octanol–water partition coefficient (Wildman–Crippen LogP) is 4.61. The molecule has 1 unspecified atom stereocenters. The van der Waals surface area contributed by atoms with E-state index in [2.05, 4.69) is 11.9 Å². The molecule has 6 nitrogen and oxygen atoms in total. The van der Waals surface area contributed by atoms with Gasteiger partial charge in [0.25, 0.3) is 11.8 Å². The van der Waals surface area contributed by atoms with E-state index in [0.717, 1.165) is 23.6 Å². The fourth-order valence-corrected chi connectivity index (χ4v) is 4.23. The molecule has 168 valence electrons. The molecule has 0 saturated heterocycles. The highest BCUT2D eigenvalue weighted by atomic mass is 16.3. The number of benzene rings is 1. The minimum absolute atomic E-state index is 0.0119. The Bertz CT molecular complexity index is 826. The van der Waals surface area contributed by atoms with Gasteiger partial charge in [0.2, 0.25) is 0 Å². The van der Waals surface area contributed by atoms with Crippen LogP contribution < -0.4 is 0 Å². The van der Waals surface area contributed by atoms with Crippen LogP contribution in [-0.4, -0.2) is 44.0 Å². The summed E-state index contributed by atoms with van der Waals surface area (Å²) < 4.78 is 1.94. The topological polar surface area (TPSA) is 75.4 Å². The number of imidazole rings is 1. The smallest absolute Gasteiger partial charge is 0.261 e. The van der Waals surface area contributed by atoms with E-state index < -0.39 is 6.10 Å². The molecule has 1 aliphatic rings. The van der Waals surface area contributed by atoms with Crippen LogP contribution in [0.25, 0.3) is 0 Å². The average molecular weight is 426 g/mol. The van der Waals surface area contributed by atoms with Gasteiger partial charge >= 0.3 is 0 Å². The van der Waals surface area contributed by atoms with Gasteiger partial charge in [0.05, 0.1) is 30.3 Å². The van der Waals surface area contributed by atoms with E-state index in [1.54, 1.807) is 30.5 Å². The lowest BCUT2D eigenvalue weighted by molar-refractivity contribution is 0.0520. The summed E-state index contributed by atoms with van der Waals surface area (Å²) in [6.45, 7) is 2.55. The molecule has 1 atom stereocenters. The van der Waals surface area contributed by atoms with Crippen LogP contribution in [0, 0.1) is 0 Å². The largest absolute Gasteiger partial charge is 0.389 e. The van der Waals surface area contributed by atoms with E-state index in [4.69, 9.17) is 0 Å². The number of imide groups is 1. The van der Waals surface area contributed by atoms with Crippen molar-refractivity contribution >= 4 is 11.8 Å². The molecule has 0 fully saturated rings. The molecule has 0 spiro atoms. The molecule has 6 heteroatoms. The molecule has 1 aliphatic heterocycles. The molecule has 0 saturated carbocycles. The first kappa shape index (κ1) is 23.2. The SMILES string of the molecule is CCCCCCCCCCCc1nccn1CC(O)CN1C(=O)c2ccccc2C1=O. The summed E-state index contributed by atoms with van der Waals surface area (Å²) in [5.41, 5.74) is 0.821. The number of carbonyl (C=O) groups is 2. The number of hydrogen-bond acceptors (Lipinski definition) is 4. The van der Waals surface area contributed by atoms with E-state index in [0.29, 0.717) is 17.7 Å². The van der Waals surface area contributed by atoms with Crippen molar-refractivity contribution in [3.8, 4) is 0 Å². The monoisotopic (exact) mass is 425 g/mol. The second-order valence-electron chi connectivity index (χ2n) is 8.49. The summed E-state index contributed by atoms with van der Waals surface area (Å²) in [6.07, 6.45) is 15.2. The van der Waals surface area contributed by atoms with Gasteiger partial charge in [0.15, 0.2) is 0 Å². The van der Waals surface area contributed by atoms with Crippen molar-refractivity contribution in [1.29, 1.82) is 0 Å². The van der Waals surface area contributed by atoms with Crippen molar-refractivity contribution in [3.05, 3.63) is 53.6 Å². The van der Waals surface area contributed by atoms with Crippen molar-refractivity contribution in [2.45, 2.75) is 83.8 Å². The number of unbranched alkanes of at least 4 members (excludes halogenated alkanes) is 8. The lowest BCUT2D eigenvalue weighted by Gasteiger charge is -2.19. The summed E-state index contributed by atoms with van der Waals surface area (Å²) in [6, 6.07) is 6.80. The summed E-state index contributed by atoms with van der Waals surface area (Å²) in [7, 11) is 0.